The van der Waals surface area contributed by atoms with E-state index in [0.717, 1.165) is 10.8 Å². The van der Waals surface area contributed by atoms with Crippen molar-refractivity contribution in [2.45, 2.75) is 10.9 Å². The topological polar surface area (TPSA) is 98.6 Å². The molecule has 1 aromatic carbocycles. The molecular weight excluding hydrogens is 312 g/mol. The number of nitrogen functional groups attached to an aromatic ring is 1. The van der Waals surface area contributed by atoms with Gasteiger partial charge in [0.25, 0.3) is 0 Å². The van der Waals surface area contributed by atoms with E-state index in [9.17, 15) is 0 Å². The summed E-state index contributed by atoms with van der Waals surface area (Å²) in [4.78, 5) is 14.4. The van der Waals surface area contributed by atoms with E-state index in [1.54, 1.807) is 11.2 Å². The zero-order valence-electron chi connectivity index (χ0n) is 12.8. The van der Waals surface area contributed by atoms with Gasteiger partial charge in [0.15, 0.2) is 5.16 Å². The van der Waals surface area contributed by atoms with E-state index in [4.69, 9.17) is 5.73 Å². The number of thioether (sulfide) groups is 1. The second kappa shape index (κ2) is 6.61. The summed E-state index contributed by atoms with van der Waals surface area (Å²) in [5.41, 5.74) is 6.74. The predicted molar refractivity (Wildman–Crippen MR) is 89.5 cm³/mol. The second-order valence-corrected chi connectivity index (χ2v) is 5.85. The monoisotopic (exact) mass is 328 g/mol. The van der Waals surface area contributed by atoms with E-state index in [1.165, 1.54) is 11.8 Å². The fourth-order valence-electron chi connectivity index (χ4n) is 1.91. The molecule has 2 aromatic heterocycles. The van der Waals surface area contributed by atoms with Gasteiger partial charge in [0.2, 0.25) is 11.9 Å². The van der Waals surface area contributed by atoms with Crippen LogP contribution in [0.25, 0.3) is 5.69 Å². The van der Waals surface area contributed by atoms with Gasteiger partial charge >= 0.3 is 0 Å². The molecule has 118 valence electrons. The molecule has 23 heavy (non-hydrogen) atoms. The molecule has 2 N–H and O–H groups in total. The molecule has 3 aromatic rings. The Kier molecular flexibility index (Phi) is 4.38. The highest BCUT2D eigenvalue weighted by atomic mass is 32.2. The summed E-state index contributed by atoms with van der Waals surface area (Å²) in [5.74, 6) is 1.88. The van der Waals surface area contributed by atoms with E-state index in [2.05, 4.69) is 25.1 Å². The molecule has 0 saturated carbocycles. The fourth-order valence-corrected chi connectivity index (χ4v) is 2.69. The SMILES string of the molecule is CN(C)c1nc(N)nc(CSc2nncn2-c2ccccc2)n1. The molecule has 0 spiro atoms. The molecule has 8 nitrogen and oxygen atoms in total. The van der Waals surface area contributed by atoms with Crippen LogP contribution in [0, 0.1) is 0 Å². The number of anilines is 2. The van der Waals surface area contributed by atoms with Crippen molar-refractivity contribution in [1.29, 1.82) is 0 Å². The van der Waals surface area contributed by atoms with Gasteiger partial charge in [-0.05, 0) is 12.1 Å². The van der Waals surface area contributed by atoms with Crippen LogP contribution in [0.15, 0.2) is 41.8 Å². The van der Waals surface area contributed by atoms with Gasteiger partial charge in [-0.2, -0.15) is 15.0 Å². The van der Waals surface area contributed by atoms with Crippen LogP contribution in [0.3, 0.4) is 0 Å². The summed E-state index contributed by atoms with van der Waals surface area (Å²) >= 11 is 1.49. The fraction of sp³-hybridized carbons (Fsp3) is 0.214. The van der Waals surface area contributed by atoms with Gasteiger partial charge in [-0.25, -0.2) is 0 Å². The van der Waals surface area contributed by atoms with Crippen molar-refractivity contribution < 1.29 is 0 Å². The first-order valence-corrected chi connectivity index (χ1v) is 7.88. The van der Waals surface area contributed by atoms with Crippen molar-refractivity contribution >= 4 is 23.7 Å². The Morgan fingerprint density at radius 2 is 1.91 bits per heavy atom. The molecule has 0 aliphatic heterocycles. The second-order valence-electron chi connectivity index (χ2n) is 4.91. The molecule has 0 aliphatic rings. The van der Waals surface area contributed by atoms with Crippen LogP contribution < -0.4 is 10.6 Å². The van der Waals surface area contributed by atoms with E-state index < -0.39 is 0 Å². The Labute approximate surface area is 137 Å². The van der Waals surface area contributed by atoms with Crippen LogP contribution in [0.5, 0.6) is 0 Å². The minimum atomic E-state index is 0.212. The maximum atomic E-state index is 5.74. The zero-order chi connectivity index (χ0) is 16.2. The number of hydrogen-bond acceptors (Lipinski definition) is 8. The molecule has 0 amide bonds. The van der Waals surface area contributed by atoms with Gasteiger partial charge in [0, 0.05) is 19.8 Å². The molecule has 0 fully saturated rings. The van der Waals surface area contributed by atoms with Crippen LogP contribution >= 0.6 is 11.8 Å². The largest absolute Gasteiger partial charge is 0.368 e. The first kappa shape index (κ1) is 15.2. The van der Waals surface area contributed by atoms with Gasteiger partial charge < -0.3 is 10.6 Å². The standard InChI is InChI=1S/C14H16N8S/c1-21(2)13-18-11(17-12(15)19-13)8-23-14-20-16-9-22(14)10-6-4-3-5-7-10/h3-7,9H,8H2,1-2H3,(H2,15,17,18,19). The number of rotatable bonds is 5. The average molecular weight is 328 g/mol. The van der Waals surface area contributed by atoms with Gasteiger partial charge in [-0.1, -0.05) is 30.0 Å². The summed E-state index contributed by atoms with van der Waals surface area (Å²) in [6, 6.07) is 9.91. The summed E-state index contributed by atoms with van der Waals surface area (Å²) < 4.78 is 1.92. The lowest BCUT2D eigenvalue weighted by molar-refractivity contribution is 0.877. The Bertz CT molecular complexity index is 786. The molecule has 0 bridgehead atoms. The minimum Gasteiger partial charge on any atom is -0.368 e. The summed E-state index contributed by atoms with van der Waals surface area (Å²) in [6.07, 6.45) is 1.69. The minimum absolute atomic E-state index is 0.212. The third-order valence-corrected chi connectivity index (χ3v) is 3.91. The highest BCUT2D eigenvalue weighted by Crippen LogP contribution is 2.22. The molecule has 3 rings (SSSR count). The molecule has 9 heteroatoms. The van der Waals surface area contributed by atoms with Crippen molar-refractivity contribution in [2.75, 3.05) is 24.7 Å². The Hall–Kier alpha value is -2.68. The first-order chi connectivity index (χ1) is 11.1. The van der Waals surface area contributed by atoms with E-state index in [0.29, 0.717) is 17.5 Å². The normalized spacial score (nSPS) is 10.7. The lowest BCUT2D eigenvalue weighted by atomic mass is 10.3. The van der Waals surface area contributed by atoms with Crippen LogP contribution in [-0.4, -0.2) is 43.8 Å². The maximum Gasteiger partial charge on any atom is 0.229 e. The van der Waals surface area contributed by atoms with Gasteiger partial charge in [-0.15, -0.1) is 10.2 Å². The van der Waals surface area contributed by atoms with Crippen LogP contribution in [0.4, 0.5) is 11.9 Å². The maximum absolute atomic E-state index is 5.74. The quantitative estimate of drug-likeness (QED) is 0.702. The number of nitrogens with two attached hydrogens (primary N) is 1. The highest BCUT2D eigenvalue weighted by Gasteiger charge is 2.11. The van der Waals surface area contributed by atoms with E-state index in [-0.39, 0.29) is 5.95 Å². The van der Waals surface area contributed by atoms with Crippen molar-refractivity contribution in [1.82, 2.24) is 29.7 Å². The first-order valence-electron chi connectivity index (χ1n) is 6.89. The van der Waals surface area contributed by atoms with E-state index in [1.807, 2.05) is 49.0 Å². The zero-order valence-corrected chi connectivity index (χ0v) is 13.6. The lowest BCUT2D eigenvalue weighted by Gasteiger charge is -2.11. The Balaban J connectivity index is 1.79. The molecule has 0 atom stereocenters. The van der Waals surface area contributed by atoms with Gasteiger partial charge in [-0.3, -0.25) is 4.57 Å². The van der Waals surface area contributed by atoms with Crippen molar-refractivity contribution in [3.63, 3.8) is 0 Å². The number of hydrogen-bond donors (Lipinski definition) is 1. The number of nitrogens with zero attached hydrogens (tertiary/aromatic N) is 7. The molecule has 0 saturated heterocycles. The van der Waals surface area contributed by atoms with Crippen LogP contribution in [0.2, 0.25) is 0 Å². The Morgan fingerprint density at radius 1 is 1.13 bits per heavy atom. The molecule has 2 heterocycles. The van der Waals surface area contributed by atoms with Crippen molar-refractivity contribution in [3.05, 3.63) is 42.5 Å². The molecule has 0 unspecified atom stereocenters. The number of aromatic nitrogens is 6. The van der Waals surface area contributed by atoms with Crippen molar-refractivity contribution in [3.8, 4) is 5.69 Å². The number of para-hydroxylation sites is 1. The summed E-state index contributed by atoms with van der Waals surface area (Å²) in [7, 11) is 3.72. The highest BCUT2D eigenvalue weighted by molar-refractivity contribution is 7.98. The molecule has 0 aliphatic carbocycles. The van der Waals surface area contributed by atoms with Crippen molar-refractivity contribution in [2.24, 2.45) is 0 Å². The third-order valence-electron chi connectivity index (χ3n) is 2.97. The number of benzene rings is 1. The lowest BCUT2D eigenvalue weighted by Crippen LogP contribution is -2.16. The van der Waals surface area contributed by atoms with Gasteiger partial charge in [0.1, 0.15) is 12.2 Å². The molecule has 0 radical (unpaired) electrons. The Morgan fingerprint density at radius 3 is 2.65 bits per heavy atom. The van der Waals surface area contributed by atoms with E-state index >= 15 is 0 Å². The third kappa shape index (κ3) is 3.57. The summed E-state index contributed by atoms with van der Waals surface area (Å²) in [5, 5.41) is 8.90. The molecular formula is C14H16N8S. The predicted octanol–water partition coefficient (Wildman–Crippen LogP) is 1.39. The smallest absolute Gasteiger partial charge is 0.229 e. The summed E-state index contributed by atoms with van der Waals surface area (Å²) in [6.45, 7) is 0. The van der Waals surface area contributed by atoms with Gasteiger partial charge in [0.05, 0.1) is 5.75 Å². The average Bonchev–Trinajstić information content (AvgIpc) is 3.02. The van der Waals surface area contributed by atoms with Crippen LogP contribution in [-0.2, 0) is 5.75 Å². The van der Waals surface area contributed by atoms with Crippen LogP contribution in [0.1, 0.15) is 5.82 Å².